The summed E-state index contributed by atoms with van der Waals surface area (Å²) in [6.07, 6.45) is 1.75. The second-order valence-electron chi connectivity index (χ2n) is 5.25. The highest BCUT2D eigenvalue weighted by molar-refractivity contribution is 7.09. The average molecular weight is 329 g/mol. The first kappa shape index (κ1) is 15.6. The van der Waals surface area contributed by atoms with Crippen LogP contribution < -0.4 is 11.1 Å². The van der Waals surface area contributed by atoms with Crippen molar-refractivity contribution in [1.29, 1.82) is 0 Å². The molecule has 0 spiro atoms. The minimum absolute atomic E-state index is 0.0225. The van der Waals surface area contributed by atoms with E-state index in [4.69, 9.17) is 5.73 Å². The number of hydrogen-bond donors (Lipinski definition) is 3. The van der Waals surface area contributed by atoms with E-state index >= 15 is 0 Å². The van der Waals surface area contributed by atoms with Gasteiger partial charge in [0.15, 0.2) is 0 Å². The Kier molecular flexibility index (Phi) is 4.99. The number of H-pyrrole nitrogens is 1. The lowest BCUT2D eigenvalue weighted by Gasteiger charge is -2.02. The van der Waals surface area contributed by atoms with Crippen LogP contribution in [-0.2, 0) is 24.1 Å². The van der Waals surface area contributed by atoms with Crippen LogP contribution in [0.1, 0.15) is 16.5 Å². The second-order valence-corrected chi connectivity index (χ2v) is 6.19. The molecule has 3 rings (SSSR count). The molecule has 0 bridgehead atoms. The van der Waals surface area contributed by atoms with Gasteiger partial charge in [0, 0.05) is 24.8 Å². The van der Waals surface area contributed by atoms with Crippen LogP contribution in [0.25, 0.3) is 11.0 Å². The van der Waals surface area contributed by atoms with E-state index in [1.165, 1.54) is 0 Å². The van der Waals surface area contributed by atoms with E-state index in [1.807, 2.05) is 29.6 Å². The summed E-state index contributed by atoms with van der Waals surface area (Å²) in [6, 6.07) is 7.89. The summed E-state index contributed by atoms with van der Waals surface area (Å²) in [6.45, 7) is 1.13. The van der Waals surface area contributed by atoms with Crippen molar-refractivity contribution in [3.63, 3.8) is 0 Å². The quantitative estimate of drug-likeness (QED) is 0.611. The number of hydrogen-bond acceptors (Lipinski definition) is 5. The Bertz CT molecular complexity index is 761. The fraction of sp³-hybridized carbons (Fsp3) is 0.312. The number of aromatic amines is 1. The molecule has 0 unspecified atom stereocenters. The summed E-state index contributed by atoms with van der Waals surface area (Å²) in [5.41, 5.74) is 8.27. The molecule has 0 saturated heterocycles. The van der Waals surface area contributed by atoms with Crippen molar-refractivity contribution >= 4 is 28.3 Å². The van der Waals surface area contributed by atoms with E-state index in [2.05, 4.69) is 20.3 Å². The Balaban J connectivity index is 1.46. The normalized spacial score (nSPS) is 11.0. The maximum Gasteiger partial charge on any atom is 0.226 e. The number of imidazole rings is 1. The standard InChI is InChI=1S/C16H19N5OS/c17-7-5-16-19-11(10-23-16)9-15(22)18-8-6-14-20-12-3-1-2-4-13(12)21-14/h1-4,10H,5-9,17H2,(H,18,22)(H,20,21). The van der Waals surface area contributed by atoms with Crippen LogP contribution >= 0.6 is 11.3 Å². The van der Waals surface area contributed by atoms with Gasteiger partial charge in [0.05, 0.1) is 28.2 Å². The number of rotatable bonds is 7. The fourth-order valence-corrected chi connectivity index (χ4v) is 3.15. The van der Waals surface area contributed by atoms with Crippen molar-refractivity contribution in [1.82, 2.24) is 20.3 Å². The van der Waals surface area contributed by atoms with Crippen molar-refractivity contribution in [3.8, 4) is 0 Å². The largest absolute Gasteiger partial charge is 0.355 e. The van der Waals surface area contributed by atoms with E-state index in [9.17, 15) is 4.79 Å². The predicted molar refractivity (Wildman–Crippen MR) is 91.4 cm³/mol. The number of thiazole rings is 1. The minimum atomic E-state index is -0.0225. The molecular weight excluding hydrogens is 310 g/mol. The number of nitrogens with zero attached hydrogens (tertiary/aromatic N) is 2. The third-order valence-corrected chi connectivity index (χ3v) is 4.38. The lowest BCUT2D eigenvalue weighted by atomic mass is 10.3. The van der Waals surface area contributed by atoms with Gasteiger partial charge in [0.25, 0.3) is 0 Å². The van der Waals surface area contributed by atoms with Gasteiger partial charge in [-0.25, -0.2) is 9.97 Å². The number of carbonyl (C=O) groups is 1. The van der Waals surface area contributed by atoms with Crippen molar-refractivity contribution < 1.29 is 4.79 Å². The number of nitrogens with two attached hydrogens (primary N) is 1. The van der Waals surface area contributed by atoms with Crippen LogP contribution in [0, 0.1) is 0 Å². The molecule has 0 radical (unpaired) electrons. The Hall–Kier alpha value is -2.25. The minimum Gasteiger partial charge on any atom is -0.355 e. The van der Waals surface area contributed by atoms with Crippen LogP contribution in [0.3, 0.4) is 0 Å². The summed E-state index contributed by atoms with van der Waals surface area (Å²) in [7, 11) is 0. The number of aromatic nitrogens is 3. The lowest BCUT2D eigenvalue weighted by Crippen LogP contribution is -2.27. The molecular formula is C16H19N5OS. The third kappa shape index (κ3) is 4.14. The van der Waals surface area contributed by atoms with Crippen molar-refractivity contribution in [2.24, 2.45) is 5.73 Å². The third-order valence-electron chi connectivity index (χ3n) is 3.42. The molecule has 0 aliphatic rings. The maximum atomic E-state index is 11.9. The Morgan fingerprint density at radius 1 is 1.26 bits per heavy atom. The Morgan fingerprint density at radius 3 is 2.96 bits per heavy atom. The number of benzene rings is 1. The van der Waals surface area contributed by atoms with E-state index in [-0.39, 0.29) is 5.91 Å². The number of fused-ring (bicyclic) bond motifs is 1. The van der Waals surface area contributed by atoms with Crippen LogP contribution in [0.15, 0.2) is 29.6 Å². The monoisotopic (exact) mass is 329 g/mol. The van der Waals surface area contributed by atoms with Gasteiger partial charge in [0.1, 0.15) is 5.82 Å². The number of para-hydroxylation sites is 2. The van der Waals surface area contributed by atoms with Gasteiger partial charge in [-0.1, -0.05) is 12.1 Å². The molecule has 0 aliphatic carbocycles. The van der Waals surface area contributed by atoms with Gasteiger partial charge >= 0.3 is 0 Å². The first-order chi connectivity index (χ1) is 11.2. The molecule has 0 fully saturated rings. The van der Waals surface area contributed by atoms with E-state index < -0.39 is 0 Å². The predicted octanol–water partition coefficient (Wildman–Crippen LogP) is 1.42. The molecule has 3 aromatic rings. The molecule has 4 N–H and O–H groups in total. The molecule has 23 heavy (non-hydrogen) atoms. The molecule has 0 saturated carbocycles. The first-order valence-electron chi connectivity index (χ1n) is 7.58. The molecule has 1 aromatic carbocycles. The van der Waals surface area contributed by atoms with E-state index in [0.717, 1.165) is 34.0 Å². The molecule has 0 atom stereocenters. The van der Waals surface area contributed by atoms with Gasteiger partial charge in [0.2, 0.25) is 5.91 Å². The highest BCUT2D eigenvalue weighted by Crippen LogP contribution is 2.11. The zero-order chi connectivity index (χ0) is 16.1. The molecule has 120 valence electrons. The number of nitrogens with one attached hydrogen (secondary N) is 2. The summed E-state index contributed by atoms with van der Waals surface area (Å²) in [5.74, 6) is 0.857. The van der Waals surface area contributed by atoms with Crippen LogP contribution in [0.4, 0.5) is 0 Å². The molecule has 7 heteroatoms. The number of amides is 1. The summed E-state index contributed by atoms with van der Waals surface area (Å²) in [4.78, 5) is 24.1. The molecule has 2 heterocycles. The fourth-order valence-electron chi connectivity index (χ4n) is 2.34. The highest BCUT2D eigenvalue weighted by atomic mass is 32.1. The van der Waals surface area contributed by atoms with Gasteiger partial charge in [-0.15, -0.1) is 11.3 Å². The van der Waals surface area contributed by atoms with Gasteiger partial charge in [-0.3, -0.25) is 4.79 Å². The molecule has 2 aromatic heterocycles. The summed E-state index contributed by atoms with van der Waals surface area (Å²) in [5, 5.41) is 5.81. The zero-order valence-electron chi connectivity index (χ0n) is 12.7. The van der Waals surface area contributed by atoms with E-state index in [0.29, 0.717) is 25.9 Å². The SMILES string of the molecule is NCCc1nc(CC(=O)NCCc2nc3ccccc3[nH]2)cs1. The van der Waals surface area contributed by atoms with Gasteiger partial charge < -0.3 is 16.0 Å². The zero-order valence-corrected chi connectivity index (χ0v) is 13.5. The topological polar surface area (TPSA) is 96.7 Å². The molecule has 6 nitrogen and oxygen atoms in total. The molecule has 0 aliphatic heterocycles. The highest BCUT2D eigenvalue weighted by Gasteiger charge is 2.08. The van der Waals surface area contributed by atoms with E-state index in [1.54, 1.807) is 11.3 Å². The van der Waals surface area contributed by atoms with Crippen molar-refractivity contribution in [2.75, 3.05) is 13.1 Å². The maximum absolute atomic E-state index is 11.9. The van der Waals surface area contributed by atoms with Gasteiger partial charge in [-0.2, -0.15) is 0 Å². The Labute approximate surface area is 138 Å². The first-order valence-corrected chi connectivity index (χ1v) is 8.46. The van der Waals surface area contributed by atoms with Crippen LogP contribution in [-0.4, -0.2) is 33.9 Å². The average Bonchev–Trinajstić information content (AvgIpc) is 3.14. The second kappa shape index (κ2) is 7.34. The van der Waals surface area contributed by atoms with Crippen LogP contribution in [0.2, 0.25) is 0 Å². The van der Waals surface area contributed by atoms with Crippen molar-refractivity contribution in [3.05, 3.63) is 46.2 Å². The number of carbonyl (C=O) groups excluding carboxylic acids is 1. The smallest absolute Gasteiger partial charge is 0.226 e. The lowest BCUT2D eigenvalue weighted by molar-refractivity contribution is -0.120. The van der Waals surface area contributed by atoms with Gasteiger partial charge in [-0.05, 0) is 18.7 Å². The Morgan fingerprint density at radius 2 is 2.13 bits per heavy atom. The molecule has 1 amide bonds. The summed E-state index contributed by atoms with van der Waals surface area (Å²) >= 11 is 1.55. The van der Waals surface area contributed by atoms with Crippen molar-refractivity contribution in [2.45, 2.75) is 19.3 Å². The van der Waals surface area contributed by atoms with Crippen LogP contribution in [0.5, 0.6) is 0 Å². The summed E-state index contributed by atoms with van der Waals surface area (Å²) < 4.78 is 0.